The van der Waals surface area contributed by atoms with Gasteiger partial charge in [0.25, 0.3) is 0 Å². The number of nitrogens with zero attached hydrogens (tertiary/aromatic N) is 1. The van der Waals surface area contributed by atoms with E-state index in [1.54, 1.807) is 6.07 Å². The molecule has 0 spiro atoms. The smallest absolute Gasteiger partial charge is 0.103 e. The van der Waals surface area contributed by atoms with Gasteiger partial charge in [0, 0.05) is 28.3 Å². The molecule has 0 radical (unpaired) electrons. The molecule has 0 heterocycles. The van der Waals surface area contributed by atoms with Gasteiger partial charge in [-0.1, -0.05) is 50.0 Å². The number of aliphatic hydroxyl groups is 1. The zero-order valence-corrected chi connectivity index (χ0v) is 14.6. The molecule has 0 aliphatic rings. The minimum atomic E-state index is -0.387. The maximum absolute atomic E-state index is 10.2. The second kappa shape index (κ2) is 9.16. The number of halogens is 2. The Labute approximate surface area is 136 Å². The van der Waals surface area contributed by atoms with Gasteiger partial charge in [-0.3, -0.25) is 0 Å². The molecule has 114 valence electrons. The van der Waals surface area contributed by atoms with Crippen LogP contribution in [-0.4, -0.2) is 35.1 Å². The van der Waals surface area contributed by atoms with Gasteiger partial charge in [0.15, 0.2) is 0 Å². The number of hydrogen-bond donors (Lipinski definition) is 1. The highest BCUT2D eigenvalue weighted by Crippen LogP contribution is 2.28. The predicted octanol–water partition coefficient (Wildman–Crippen LogP) is 4.52. The molecule has 0 aliphatic heterocycles. The third-order valence-corrected chi connectivity index (χ3v) is 5.22. The standard InChI is InChI=1S/C15H23Cl2NOS/c1-4-18(5-2)9-11(3)15(19)20-10-12-6-7-13(16)8-14(12)17/h6-8,11,15,19H,4-5,9-10H2,1-3H3. The molecule has 0 aliphatic carbocycles. The van der Waals surface area contributed by atoms with Crippen LogP contribution in [0.1, 0.15) is 26.3 Å². The molecule has 2 unspecified atom stereocenters. The van der Waals surface area contributed by atoms with E-state index in [0.29, 0.717) is 15.8 Å². The summed E-state index contributed by atoms with van der Waals surface area (Å²) in [6.07, 6.45) is 0. The lowest BCUT2D eigenvalue weighted by molar-refractivity contribution is 0.157. The van der Waals surface area contributed by atoms with E-state index >= 15 is 0 Å². The summed E-state index contributed by atoms with van der Waals surface area (Å²) in [4.78, 5) is 2.32. The average molecular weight is 336 g/mol. The Kier molecular flexibility index (Phi) is 8.30. The third kappa shape index (κ3) is 5.82. The van der Waals surface area contributed by atoms with E-state index in [1.165, 1.54) is 11.8 Å². The summed E-state index contributed by atoms with van der Waals surface area (Å²) in [6, 6.07) is 5.49. The highest BCUT2D eigenvalue weighted by Gasteiger charge is 2.17. The van der Waals surface area contributed by atoms with Gasteiger partial charge in [-0.25, -0.2) is 0 Å². The van der Waals surface area contributed by atoms with Crippen LogP contribution in [0.25, 0.3) is 0 Å². The molecule has 0 fully saturated rings. The monoisotopic (exact) mass is 335 g/mol. The van der Waals surface area contributed by atoms with Crippen molar-refractivity contribution in [2.24, 2.45) is 5.92 Å². The normalized spacial score (nSPS) is 14.6. The lowest BCUT2D eigenvalue weighted by atomic mass is 10.2. The van der Waals surface area contributed by atoms with E-state index in [4.69, 9.17) is 23.2 Å². The fraction of sp³-hybridized carbons (Fsp3) is 0.600. The minimum Gasteiger partial charge on any atom is -0.382 e. The fourth-order valence-corrected chi connectivity index (χ4v) is 3.53. The maximum atomic E-state index is 10.2. The molecule has 1 aromatic rings. The Bertz CT molecular complexity index is 413. The SMILES string of the molecule is CCN(CC)CC(C)C(O)SCc1ccc(Cl)cc1Cl. The summed E-state index contributed by atoms with van der Waals surface area (Å²) in [5, 5.41) is 11.5. The van der Waals surface area contributed by atoms with Crippen LogP contribution in [0.2, 0.25) is 10.0 Å². The van der Waals surface area contributed by atoms with Gasteiger partial charge < -0.3 is 10.0 Å². The van der Waals surface area contributed by atoms with E-state index in [1.807, 2.05) is 12.1 Å². The van der Waals surface area contributed by atoms with Gasteiger partial charge in [0.1, 0.15) is 5.44 Å². The quantitative estimate of drug-likeness (QED) is 0.706. The summed E-state index contributed by atoms with van der Waals surface area (Å²) in [6.45, 7) is 9.31. The minimum absolute atomic E-state index is 0.228. The van der Waals surface area contributed by atoms with E-state index in [0.717, 1.165) is 25.2 Å². The van der Waals surface area contributed by atoms with Crippen LogP contribution in [0.5, 0.6) is 0 Å². The number of benzene rings is 1. The molecule has 2 nitrogen and oxygen atoms in total. The molecule has 1 N–H and O–H groups in total. The van der Waals surface area contributed by atoms with Crippen molar-refractivity contribution in [3.05, 3.63) is 33.8 Å². The molecule has 2 atom stereocenters. The van der Waals surface area contributed by atoms with E-state index < -0.39 is 0 Å². The fourth-order valence-electron chi connectivity index (χ4n) is 1.96. The third-order valence-electron chi connectivity index (χ3n) is 3.35. The molecule has 0 saturated carbocycles. The first-order valence-corrected chi connectivity index (χ1v) is 8.74. The summed E-state index contributed by atoms with van der Waals surface area (Å²) in [7, 11) is 0. The topological polar surface area (TPSA) is 23.5 Å². The van der Waals surface area contributed by atoms with Gasteiger partial charge in [-0.05, 0) is 30.8 Å². The van der Waals surface area contributed by atoms with Crippen molar-refractivity contribution >= 4 is 35.0 Å². The van der Waals surface area contributed by atoms with Crippen LogP contribution in [0.3, 0.4) is 0 Å². The average Bonchev–Trinajstić information content (AvgIpc) is 2.43. The van der Waals surface area contributed by atoms with Crippen LogP contribution in [0, 0.1) is 5.92 Å². The second-order valence-electron chi connectivity index (χ2n) is 4.90. The van der Waals surface area contributed by atoms with Gasteiger partial charge in [0.2, 0.25) is 0 Å². The Morgan fingerprint density at radius 2 is 1.90 bits per heavy atom. The molecule has 0 amide bonds. The van der Waals surface area contributed by atoms with Crippen molar-refractivity contribution in [2.45, 2.75) is 32.0 Å². The molecular weight excluding hydrogens is 313 g/mol. The molecular formula is C15H23Cl2NOS. The van der Waals surface area contributed by atoms with E-state index in [-0.39, 0.29) is 11.4 Å². The summed E-state index contributed by atoms with van der Waals surface area (Å²) in [5.41, 5.74) is 0.623. The highest BCUT2D eigenvalue weighted by atomic mass is 35.5. The molecule has 0 bridgehead atoms. The van der Waals surface area contributed by atoms with Crippen LogP contribution < -0.4 is 0 Å². The maximum Gasteiger partial charge on any atom is 0.103 e. The lowest BCUT2D eigenvalue weighted by Crippen LogP contribution is -2.32. The van der Waals surface area contributed by atoms with Crippen molar-refractivity contribution in [1.82, 2.24) is 4.90 Å². The first-order valence-electron chi connectivity index (χ1n) is 6.93. The van der Waals surface area contributed by atoms with Crippen molar-refractivity contribution in [2.75, 3.05) is 19.6 Å². The molecule has 1 aromatic carbocycles. The van der Waals surface area contributed by atoms with Crippen molar-refractivity contribution in [3.8, 4) is 0 Å². The first kappa shape index (κ1) is 18.1. The van der Waals surface area contributed by atoms with Gasteiger partial charge >= 0.3 is 0 Å². The Morgan fingerprint density at radius 1 is 1.25 bits per heavy atom. The summed E-state index contributed by atoms with van der Waals surface area (Å²) < 4.78 is 0. The van der Waals surface area contributed by atoms with Crippen molar-refractivity contribution in [3.63, 3.8) is 0 Å². The Hall–Kier alpha value is 0.0700. The number of aliphatic hydroxyl groups excluding tert-OH is 1. The van der Waals surface area contributed by atoms with E-state index in [2.05, 4.69) is 25.7 Å². The van der Waals surface area contributed by atoms with Crippen molar-refractivity contribution in [1.29, 1.82) is 0 Å². The van der Waals surface area contributed by atoms with Crippen LogP contribution in [0.4, 0.5) is 0 Å². The van der Waals surface area contributed by atoms with Crippen molar-refractivity contribution < 1.29 is 5.11 Å². The Morgan fingerprint density at radius 3 is 2.45 bits per heavy atom. The summed E-state index contributed by atoms with van der Waals surface area (Å²) in [5.74, 6) is 0.922. The lowest BCUT2D eigenvalue weighted by Gasteiger charge is -2.25. The largest absolute Gasteiger partial charge is 0.382 e. The van der Waals surface area contributed by atoms with Gasteiger partial charge in [0.05, 0.1) is 0 Å². The van der Waals surface area contributed by atoms with Gasteiger partial charge in [-0.2, -0.15) is 0 Å². The van der Waals surface area contributed by atoms with Crippen LogP contribution in [0.15, 0.2) is 18.2 Å². The first-order chi connectivity index (χ1) is 9.47. The Balaban J connectivity index is 2.47. The van der Waals surface area contributed by atoms with E-state index in [9.17, 15) is 5.11 Å². The molecule has 0 aromatic heterocycles. The zero-order chi connectivity index (χ0) is 15.1. The summed E-state index contributed by atoms with van der Waals surface area (Å²) >= 11 is 13.5. The number of rotatable bonds is 8. The molecule has 0 saturated heterocycles. The van der Waals surface area contributed by atoms with Gasteiger partial charge in [-0.15, -0.1) is 11.8 Å². The zero-order valence-electron chi connectivity index (χ0n) is 12.3. The van der Waals surface area contributed by atoms with Crippen LogP contribution in [-0.2, 0) is 5.75 Å². The highest BCUT2D eigenvalue weighted by molar-refractivity contribution is 7.98. The number of thioether (sulfide) groups is 1. The molecule has 20 heavy (non-hydrogen) atoms. The number of hydrogen-bond acceptors (Lipinski definition) is 3. The molecule has 1 rings (SSSR count). The van der Waals surface area contributed by atoms with Crippen LogP contribution >= 0.6 is 35.0 Å². The predicted molar refractivity (Wildman–Crippen MR) is 90.7 cm³/mol. The second-order valence-corrected chi connectivity index (χ2v) is 6.85. The molecule has 5 heteroatoms.